The molecule has 2 aromatic carbocycles. The van der Waals surface area contributed by atoms with Crippen LogP contribution in [0.1, 0.15) is 0 Å². The zero-order chi connectivity index (χ0) is 19.7. The van der Waals surface area contributed by atoms with E-state index in [1.165, 1.54) is 18.4 Å². The molecule has 0 atom stereocenters. The summed E-state index contributed by atoms with van der Waals surface area (Å²) in [6.45, 7) is 0. The second-order valence-electron chi connectivity index (χ2n) is 6.49. The second kappa shape index (κ2) is 7.10. The smallest absolute Gasteiger partial charge is 0.242 e. The average molecular weight is 393 g/mol. The van der Waals surface area contributed by atoms with Crippen LogP contribution in [0.4, 0.5) is 11.4 Å². The Labute approximate surface area is 163 Å². The topological polar surface area (TPSA) is 75.4 Å². The maximum Gasteiger partial charge on any atom is 0.242 e. The third-order valence-corrected chi connectivity index (χ3v) is 6.22. The van der Waals surface area contributed by atoms with Gasteiger partial charge < -0.3 is 9.73 Å². The third kappa shape index (κ3) is 3.37. The summed E-state index contributed by atoms with van der Waals surface area (Å²) in [6.07, 6.45) is 1.60. The molecule has 2 heterocycles. The Hall–Kier alpha value is -3.16. The number of anilines is 2. The Morgan fingerprint density at radius 1 is 0.964 bits per heavy atom. The number of furan rings is 1. The van der Waals surface area contributed by atoms with Crippen LogP contribution >= 0.6 is 0 Å². The van der Waals surface area contributed by atoms with Crippen molar-refractivity contribution >= 4 is 32.5 Å². The van der Waals surface area contributed by atoms with E-state index in [1.807, 2.05) is 42.5 Å². The van der Waals surface area contributed by atoms with E-state index in [0.717, 1.165) is 28.1 Å². The van der Waals surface area contributed by atoms with Crippen molar-refractivity contribution in [3.8, 4) is 11.3 Å². The molecule has 2 aromatic heterocycles. The largest absolute Gasteiger partial charge is 0.460 e. The Morgan fingerprint density at radius 3 is 2.36 bits per heavy atom. The van der Waals surface area contributed by atoms with Crippen LogP contribution in [0.15, 0.2) is 82.3 Å². The van der Waals surface area contributed by atoms with Gasteiger partial charge in [0.15, 0.2) is 5.58 Å². The van der Waals surface area contributed by atoms with Gasteiger partial charge in [0.1, 0.15) is 5.52 Å². The van der Waals surface area contributed by atoms with E-state index in [2.05, 4.69) is 10.3 Å². The van der Waals surface area contributed by atoms with E-state index in [9.17, 15) is 8.42 Å². The fourth-order valence-corrected chi connectivity index (χ4v) is 3.78. The molecule has 0 bridgehead atoms. The second-order valence-corrected chi connectivity index (χ2v) is 8.64. The first-order valence-corrected chi connectivity index (χ1v) is 10.1. The van der Waals surface area contributed by atoms with Crippen molar-refractivity contribution in [3.05, 3.63) is 73.0 Å². The lowest BCUT2D eigenvalue weighted by Crippen LogP contribution is -2.22. The van der Waals surface area contributed by atoms with Crippen LogP contribution in [-0.2, 0) is 10.0 Å². The molecule has 4 aromatic rings. The van der Waals surface area contributed by atoms with Crippen molar-refractivity contribution in [2.24, 2.45) is 0 Å². The van der Waals surface area contributed by atoms with E-state index >= 15 is 0 Å². The number of nitrogens with zero attached hydrogens (tertiary/aromatic N) is 2. The summed E-state index contributed by atoms with van der Waals surface area (Å²) in [5.41, 5.74) is 4.72. The number of hydrogen-bond donors (Lipinski definition) is 1. The molecule has 142 valence electrons. The lowest BCUT2D eigenvalue weighted by Gasteiger charge is -2.13. The SMILES string of the molecule is CN(C)S(=O)(=O)c1ccc(Nc2cc(-c3ccccc3)nc3ccoc23)cc1. The van der Waals surface area contributed by atoms with Gasteiger partial charge >= 0.3 is 0 Å². The zero-order valence-corrected chi connectivity index (χ0v) is 16.3. The summed E-state index contributed by atoms with van der Waals surface area (Å²) >= 11 is 0. The number of rotatable bonds is 5. The molecule has 6 nitrogen and oxygen atoms in total. The normalized spacial score (nSPS) is 11.8. The molecule has 0 radical (unpaired) electrons. The van der Waals surface area contributed by atoms with E-state index in [0.29, 0.717) is 5.58 Å². The molecule has 7 heteroatoms. The zero-order valence-electron chi connectivity index (χ0n) is 15.5. The molecule has 0 saturated carbocycles. The highest BCUT2D eigenvalue weighted by Gasteiger charge is 2.17. The van der Waals surface area contributed by atoms with Crippen molar-refractivity contribution in [1.29, 1.82) is 0 Å². The summed E-state index contributed by atoms with van der Waals surface area (Å²) in [5.74, 6) is 0. The van der Waals surface area contributed by atoms with Gasteiger partial charge in [0.05, 0.1) is 22.5 Å². The Kier molecular flexibility index (Phi) is 4.62. The molecular weight excluding hydrogens is 374 g/mol. The highest BCUT2D eigenvalue weighted by atomic mass is 32.2. The quantitative estimate of drug-likeness (QED) is 0.541. The molecule has 4 rings (SSSR count). The van der Waals surface area contributed by atoms with Crippen LogP contribution in [-0.4, -0.2) is 31.8 Å². The first-order valence-electron chi connectivity index (χ1n) is 8.68. The van der Waals surface area contributed by atoms with Gasteiger partial charge in [0, 0.05) is 31.4 Å². The maximum atomic E-state index is 12.2. The van der Waals surface area contributed by atoms with Gasteiger partial charge in [-0.05, 0) is 30.3 Å². The summed E-state index contributed by atoms with van der Waals surface area (Å²) in [7, 11) is -0.436. The molecular formula is C21H19N3O3S. The van der Waals surface area contributed by atoms with E-state index < -0.39 is 10.0 Å². The van der Waals surface area contributed by atoms with Crippen molar-refractivity contribution in [1.82, 2.24) is 9.29 Å². The summed E-state index contributed by atoms with van der Waals surface area (Å²) < 4.78 is 31.2. The highest BCUT2D eigenvalue weighted by molar-refractivity contribution is 7.89. The van der Waals surface area contributed by atoms with Crippen LogP contribution in [0, 0.1) is 0 Å². The van der Waals surface area contributed by atoms with Crippen LogP contribution in [0.25, 0.3) is 22.4 Å². The molecule has 0 aliphatic heterocycles. The molecule has 0 aliphatic carbocycles. The molecule has 28 heavy (non-hydrogen) atoms. The first-order chi connectivity index (χ1) is 13.4. The molecule has 1 N–H and O–H groups in total. The van der Waals surface area contributed by atoms with Crippen LogP contribution in [0.3, 0.4) is 0 Å². The van der Waals surface area contributed by atoms with Crippen LogP contribution < -0.4 is 5.32 Å². The van der Waals surface area contributed by atoms with Gasteiger partial charge in [-0.1, -0.05) is 30.3 Å². The number of pyridine rings is 1. The Balaban J connectivity index is 1.71. The van der Waals surface area contributed by atoms with Gasteiger partial charge in [-0.25, -0.2) is 17.7 Å². The molecule has 0 aliphatic rings. The minimum atomic E-state index is -3.46. The summed E-state index contributed by atoms with van der Waals surface area (Å²) in [4.78, 5) is 4.90. The van der Waals surface area contributed by atoms with Gasteiger partial charge in [-0.2, -0.15) is 0 Å². The highest BCUT2D eigenvalue weighted by Crippen LogP contribution is 2.31. The van der Waals surface area contributed by atoms with Crippen molar-refractivity contribution in [3.63, 3.8) is 0 Å². The predicted molar refractivity (Wildman–Crippen MR) is 110 cm³/mol. The third-order valence-electron chi connectivity index (χ3n) is 4.39. The molecule has 0 fully saturated rings. The van der Waals surface area contributed by atoms with Gasteiger partial charge in [0.2, 0.25) is 10.0 Å². The molecule has 0 saturated heterocycles. The van der Waals surface area contributed by atoms with Gasteiger partial charge in [-0.15, -0.1) is 0 Å². The van der Waals surface area contributed by atoms with Crippen LogP contribution in [0.5, 0.6) is 0 Å². The lowest BCUT2D eigenvalue weighted by molar-refractivity contribution is 0.521. The Morgan fingerprint density at radius 2 is 1.68 bits per heavy atom. The van der Waals surface area contributed by atoms with E-state index in [-0.39, 0.29) is 4.90 Å². The fraction of sp³-hybridized carbons (Fsp3) is 0.0952. The number of aromatic nitrogens is 1. The first kappa shape index (κ1) is 18.2. The Bertz CT molecular complexity index is 1210. The number of hydrogen-bond acceptors (Lipinski definition) is 5. The summed E-state index contributed by atoms with van der Waals surface area (Å²) in [5, 5.41) is 3.31. The molecule has 0 unspecified atom stereocenters. The summed E-state index contributed by atoms with van der Waals surface area (Å²) in [6, 6.07) is 20.3. The average Bonchev–Trinajstić information content (AvgIpc) is 3.18. The standard InChI is InChI=1S/C21H19N3O3S/c1-24(2)28(25,26)17-10-8-16(9-11-17)22-20-14-19(15-6-4-3-5-7-15)23-18-12-13-27-21(18)20/h3-14H,1-2H3,(H,22,23). The number of nitrogens with one attached hydrogen (secondary N) is 1. The lowest BCUT2D eigenvalue weighted by atomic mass is 10.1. The van der Waals surface area contributed by atoms with Crippen molar-refractivity contribution in [2.75, 3.05) is 19.4 Å². The monoisotopic (exact) mass is 393 g/mol. The van der Waals surface area contributed by atoms with E-state index in [4.69, 9.17) is 4.42 Å². The molecule has 0 spiro atoms. The number of sulfonamides is 1. The van der Waals surface area contributed by atoms with Crippen molar-refractivity contribution in [2.45, 2.75) is 4.90 Å². The van der Waals surface area contributed by atoms with Gasteiger partial charge in [-0.3, -0.25) is 0 Å². The minimum absolute atomic E-state index is 0.242. The minimum Gasteiger partial charge on any atom is -0.460 e. The van der Waals surface area contributed by atoms with Crippen LogP contribution in [0.2, 0.25) is 0 Å². The predicted octanol–water partition coefficient (Wildman–Crippen LogP) is 4.49. The number of fused-ring (bicyclic) bond motifs is 1. The number of benzene rings is 2. The van der Waals surface area contributed by atoms with Crippen molar-refractivity contribution < 1.29 is 12.8 Å². The van der Waals surface area contributed by atoms with Gasteiger partial charge in [0.25, 0.3) is 0 Å². The van der Waals surface area contributed by atoms with E-state index in [1.54, 1.807) is 30.5 Å². The fourth-order valence-electron chi connectivity index (χ4n) is 2.88. The maximum absolute atomic E-state index is 12.2. The molecule has 0 amide bonds.